The Labute approximate surface area is 262 Å². The van der Waals surface area contributed by atoms with Crippen LogP contribution in [0.3, 0.4) is 0 Å². The van der Waals surface area contributed by atoms with Crippen LogP contribution in [0, 0.1) is 0 Å². The minimum atomic E-state index is -0.410. The topological polar surface area (TPSA) is 35.5 Å². The van der Waals surface area contributed by atoms with Crippen molar-refractivity contribution in [1.82, 2.24) is 0 Å². The highest BCUT2D eigenvalue weighted by molar-refractivity contribution is 5.56. The lowest BCUT2D eigenvalue weighted by molar-refractivity contribution is -0.122. The lowest BCUT2D eigenvalue weighted by atomic mass is 10.1. The fourth-order valence-corrected chi connectivity index (χ4v) is 4.84. The van der Waals surface area contributed by atoms with E-state index < -0.39 is 6.10 Å². The third kappa shape index (κ3) is 34.7. The summed E-state index contributed by atoms with van der Waals surface area (Å²) in [5, 5.41) is 0. The Kier molecular flexibility index (Phi) is 36.3. The highest BCUT2D eigenvalue weighted by Crippen LogP contribution is 2.10. The Balaban J connectivity index is 3.38. The van der Waals surface area contributed by atoms with E-state index in [4.69, 9.17) is 9.47 Å². The van der Waals surface area contributed by atoms with E-state index >= 15 is 0 Å². The minimum absolute atomic E-state index is 0.395. The maximum Gasteiger partial charge on any atom is 0.151 e. The molecule has 0 amide bonds. The number of unbranched alkanes of at least 4 members (excludes halogenated alkanes) is 18. The van der Waals surface area contributed by atoms with E-state index in [1.54, 1.807) is 0 Å². The average Bonchev–Trinajstić information content (AvgIpc) is 3.00. The van der Waals surface area contributed by atoms with Crippen LogP contribution in [0.4, 0.5) is 0 Å². The Morgan fingerprint density at radius 1 is 0.452 bits per heavy atom. The summed E-state index contributed by atoms with van der Waals surface area (Å²) in [5.74, 6) is 0. The number of hydrogen-bond acceptors (Lipinski definition) is 3. The summed E-state index contributed by atoms with van der Waals surface area (Å²) in [6.07, 6.45) is 48.8. The molecule has 0 bridgehead atoms. The molecule has 0 radical (unpaired) electrons. The number of rotatable bonds is 34. The average molecular weight is 587 g/mol. The molecular weight excluding hydrogens is 516 g/mol. The van der Waals surface area contributed by atoms with E-state index in [1.807, 2.05) is 0 Å². The van der Waals surface area contributed by atoms with Crippen LogP contribution < -0.4 is 0 Å². The molecule has 0 aromatic rings. The highest BCUT2D eigenvalue weighted by Gasteiger charge is 2.07. The molecule has 0 aliphatic rings. The van der Waals surface area contributed by atoms with Crippen LogP contribution in [0.25, 0.3) is 0 Å². The van der Waals surface area contributed by atoms with Crippen molar-refractivity contribution in [1.29, 1.82) is 0 Å². The molecule has 1 atom stereocenters. The van der Waals surface area contributed by atoms with Gasteiger partial charge in [0.05, 0.1) is 6.61 Å². The molecule has 244 valence electrons. The van der Waals surface area contributed by atoms with E-state index in [0.29, 0.717) is 13.2 Å². The monoisotopic (exact) mass is 587 g/mol. The van der Waals surface area contributed by atoms with Crippen molar-refractivity contribution in [3.05, 3.63) is 48.6 Å². The molecule has 42 heavy (non-hydrogen) atoms. The van der Waals surface area contributed by atoms with Gasteiger partial charge < -0.3 is 14.3 Å². The molecule has 1 unspecified atom stereocenters. The molecule has 0 aliphatic heterocycles. The summed E-state index contributed by atoms with van der Waals surface area (Å²) >= 11 is 0. The zero-order valence-corrected chi connectivity index (χ0v) is 28.1. The molecule has 0 aromatic carbocycles. The standard InChI is InChI=1S/C39H70O3/c1-3-5-7-9-11-13-15-17-19-21-23-25-27-29-31-33-35-41-38-39(37-40)42-36-34-32-30-28-26-24-22-20-18-16-14-12-10-8-6-4-2/h11-14,17-20,37,39H,3-10,15-16,21-36,38H2,1-2H3. The van der Waals surface area contributed by atoms with Crippen molar-refractivity contribution in [2.75, 3.05) is 19.8 Å². The molecule has 3 nitrogen and oxygen atoms in total. The van der Waals surface area contributed by atoms with Gasteiger partial charge in [-0.05, 0) is 77.0 Å². The van der Waals surface area contributed by atoms with Gasteiger partial charge in [-0.25, -0.2) is 0 Å². The fourth-order valence-electron chi connectivity index (χ4n) is 4.84. The largest absolute Gasteiger partial charge is 0.378 e. The van der Waals surface area contributed by atoms with Gasteiger partial charge in [0.25, 0.3) is 0 Å². The van der Waals surface area contributed by atoms with Crippen LogP contribution in [0.1, 0.15) is 168 Å². The molecule has 0 fully saturated rings. The lowest BCUT2D eigenvalue weighted by Crippen LogP contribution is -2.22. The Hall–Kier alpha value is -1.45. The first-order valence-electron chi connectivity index (χ1n) is 18.1. The Morgan fingerprint density at radius 3 is 1.26 bits per heavy atom. The molecule has 0 saturated heterocycles. The third-order valence-electron chi connectivity index (χ3n) is 7.60. The van der Waals surface area contributed by atoms with Crippen LogP contribution in [-0.4, -0.2) is 32.2 Å². The molecule has 0 N–H and O–H groups in total. The van der Waals surface area contributed by atoms with E-state index in [0.717, 1.165) is 38.6 Å². The van der Waals surface area contributed by atoms with Crippen LogP contribution in [-0.2, 0) is 14.3 Å². The normalized spacial score (nSPS) is 13.0. The summed E-state index contributed by atoms with van der Waals surface area (Å²) in [4.78, 5) is 11.3. The lowest BCUT2D eigenvalue weighted by Gasteiger charge is -2.12. The van der Waals surface area contributed by atoms with Gasteiger partial charge in [-0.2, -0.15) is 0 Å². The second kappa shape index (κ2) is 37.6. The van der Waals surface area contributed by atoms with Gasteiger partial charge in [0.15, 0.2) is 6.29 Å². The predicted molar refractivity (Wildman–Crippen MR) is 185 cm³/mol. The summed E-state index contributed by atoms with van der Waals surface area (Å²) in [6, 6.07) is 0. The summed E-state index contributed by atoms with van der Waals surface area (Å²) < 4.78 is 11.4. The van der Waals surface area contributed by atoms with Gasteiger partial charge in [0.1, 0.15) is 6.10 Å². The van der Waals surface area contributed by atoms with E-state index in [9.17, 15) is 4.79 Å². The predicted octanol–water partition coefficient (Wildman–Crippen LogP) is 12.2. The number of hydrogen-bond donors (Lipinski definition) is 0. The van der Waals surface area contributed by atoms with Crippen molar-refractivity contribution in [3.8, 4) is 0 Å². The van der Waals surface area contributed by atoms with Gasteiger partial charge in [0.2, 0.25) is 0 Å². The van der Waals surface area contributed by atoms with Crippen molar-refractivity contribution in [2.45, 2.75) is 174 Å². The first-order valence-corrected chi connectivity index (χ1v) is 18.1. The Morgan fingerprint density at radius 2 is 0.833 bits per heavy atom. The zero-order valence-electron chi connectivity index (χ0n) is 28.1. The second-order valence-corrected chi connectivity index (χ2v) is 11.8. The summed E-state index contributed by atoms with van der Waals surface area (Å²) in [6.45, 7) is 6.29. The molecule has 0 rings (SSSR count). The van der Waals surface area contributed by atoms with Gasteiger partial charge in [-0.15, -0.1) is 0 Å². The van der Waals surface area contributed by atoms with Crippen molar-refractivity contribution in [2.24, 2.45) is 0 Å². The maximum absolute atomic E-state index is 11.3. The molecule has 0 saturated carbocycles. The van der Waals surface area contributed by atoms with E-state index in [2.05, 4.69) is 62.5 Å². The first-order chi connectivity index (χ1) is 20.8. The van der Waals surface area contributed by atoms with Gasteiger partial charge in [-0.3, -0.25) is 0 Å². The summed E-state index contributed by atoms with van der Waals surface area (Å²) in [7, 11) is 0. The third-order valence-corrected chi connectivity index (χ3v) is 7.60. The fraction of sp³-hybridized carbons (Fsp3) is 0.769. The van der Waals surface area contributed by atoms with Crippen molar-refractivity contribution in [3.63, 3.8) is 0 Å². The van der Waals surface area contributed by atoms with Gasteiger partial charge in [0, 0.05) is 13.2 Å². The summed E-state index contributed by atoms with van der Waals surface area (Å²) in [5.41, 5.74) is 0. The SMILES string of the molecule is CCCCCC=CCC=CCCCCCCCCOCC(C=O)OCCCCCCCCC=CCC=CCCCCC. The number of carbonyl (C=O) groups is 1. The maximum atomic E-state index is 11.3. The number of ether oxygens (including phenoxy) is 2. The van der Waals surface area contributed by atoms with Crippen LogP contribution in [0.5, 0.6) is 0 Å². The molecule has 0 aromatic heterocycles. The first kappa shape index (κ1) is 40.5. The highest BCUT2D eigenvalue weighted by atomic mass is 16.5. The number of aldehydes is 1. The molecule has 0 aliphatic carbocycles. The van der Waals surface area contributed by atoms with Crippen LogP contribution in [0.2, 0.25) is 0 Å². The minimum Gasteiger partial charge on any atom is -0.378 e. The number of allylic oxidation sites excluding steroid dienone is 8. The Bertz CT molecular complexity index is 634. The molecule has 0 heterocycles. The number of carbonyl (C=O) groups excluding carboxylic acids is 1. The quantitative estimate of drug-likeness (QED) is 0.0427. The smallest absolute Gasteiger partial charge is 0.151 e. The molecule has 0 spiro atoms. The van der Waals surface area contributed by atoms with Crippen LogP contribution in [0.15, 0.2) is 48.6 Å². The molecule has 3 heteroatoms. The van der Waals surface area contributed by atoms with Gasteiger partial charge in [-0.1, -0.05) is 140 Å². The molecular formula is C39H70O3. The second-order valence-electron chi connectivity index (χ2n) is 11.8. The van der Waals surface area contributed by atoms with Gasteiger partial charge >= 0.3 is 0 Å². The van der Waals surface area contributed by atoms with Crippen molar-refractivity contribution < 1.29 is 14.3 Å². The van der Waals surface area contributed by atoms with Crippen molar-refractivity contribution >= 4 is 6.29 Å². The zero-order chi connectivity index (χ0) is 30.4. The van der Waals surface area contributed by atoms with E-state index in [1.165, 1.54) is 128 Å². The van der Waals surface area contributed by atoms with E-state index in [-0.39, 0.29) is 0 Å². The van der Waals surface area contributed by atoms with Crippen LogP contribution >= 0.6 is 0 Å².